The van der Waals surface area contributed by atoms with Gasteiger partial charge in [-0.3, -0.25) is 14.2 Å². The van der Waals surface area contributed by atoms with Gasteiger partial charge in [0.25, 0.3) is 5.56 Å². The number of fused-ring (bicyclic) bond motifs is 1. The maximum atomic E-state index is 13.4. The summed E-state index contributed by atoms with van der Waals surface area (Å²) in [5.41, 5.74) is 0.555. The molecule has 3 rings (SSSR count). The Morgan fingerprint density at radius 2 is 1.89 bits per heavy atom. The van der Waals surface area contributed by atoms with E-state index < -0.39 is 33.2 Å². The van der Waals surface area contributed by atoms with Gasteiger partial charge in [0.15, 0.2) is 9.84 Å². The molecule has 1 N–H and O–H groups in total. The van der Waals surface area contributed by atoms with Crippen molar-refractivity contribution in [2.24, 2.45) is 0 Å². The van der Waals surface area contributed by atoms with Crippen LogP contribution in [0.2, 0.25) is 0 Å². The molecule has 9 heteroatoms. The molecule has 1 atom stereocenters. The van der Waals surface area contributed by atoms with E-state index in [0.717, 1.165) is 16.9 Å². The molecule has 1 amide bonds. The van der Waals surface area contributed by atoms with Gasteiger partial charge in [-0.15, -0.1) is 0 Å². The zero-order chi connectivity index (χ0) is 20.5. The van der Waals surface area contributed by atoms with E-state index in [1.807, 2.05) is 0 Å². The molecule has 0 aliphatic carbocycles. The molecular weight excluding hydrogens is 385 g/mol. The van der Waals surface area contributed by atoms with Gasteiger partial charge in [-0.05, 0) is 42.8 Å². The monoisotopic (exact) mass is 403 g/mol. The van der Waals surface area contributed by atoms with Crippen LogP contribution >= 0.6 is 0 Å². The third-order valence-corrected chi connectivity index (χ3v) is 5.41. The van der Waals surface area contributed by atoms with Crippen LogP contribution in [-0.4, -0.2) is 30.1 Å². The highest BCUT2D eigenvalue weighted by Crippen LogP contribution is 2.16. The molecule has 28 heavy (non-hydrogen) atoms. The SMILES string of the molecule is CC(NC(=O)Cn1cnc2ccc(F)cc2c1=O)c1ccc(S(C)(=O)=O)cc1. The number of rotatable bonds is 5. The molecule has 0 bridgehead atoms. The lowest BCUT2D eigenvalue weighted by molar-refractivity contribution is -0.122. The fourth-order valence-electron chi connectivity index (χ4n) is 2.77. The standard InChI is InChI=1S/C19H18FN3O4S/c1-12(13-3-6-15(7-4-13)28(2,26)27)22-18(24)10-23-11-21-17-8-5-14(20)9-16(17)19(23)25/h3-9,11-12H,10H2,1-2H3,(H,22,24). The zero-order valence-electron chi connectivity index (χ0n) is 15.2. The van der Waals surface area contributed by atoms with Gasteiger partial charge >= 0.3 is 0 Å². The molecule has 146 valence electrons. The third-order valence-electron chi connectivity index (χ3n) is 4.29. The first-order valence-corrected chi connectivity index (χ1v) is 10.3. The Bertz CT molecular complexity index is 1200. The second kappa shape index (κ2) is 7.51. The Balaban J connectivity index is 1.74. The summed E-state index contributed by atoms with van der Waals surface area (Å²) in [7, 11) is -3.29. The van der Waals surface area contributed by atoms with Gasteiger partial charge in [-0.1, -0.05) is 12.1 Å². The number of sulfone groups is 1. The molecule has 0 saturated heterocycles. The predicted molar refractivity (Wildman–Crippen MR) is 102 cm³/mol. The minimum Gasteiger partial charge on any atom is -0.348 e. The third kappa shape index (κ3) is 4.25. The number of hydrogen-bond donors (Lipinski definition) is 1. The number of nitrogens with zero attached hydrogens (tertiary/aromatic N) is 2. The first-order chi connectivity index (χ1) is 13.1. The first kappa shape index (κ1) is 19.7. The molecule has 0 saturated carbocycles. The molecule has 0 aliphatic heterocycles. The van der Waals surface area contributed by atoms with Crippen molar-refractivity contribution in [2.45, 2.75) is 24.4 Å². The van der Waals surface area contributed by atoms with Crippen molar-refractivity contribution in [2.75, 3.05) is 6.26 Å². The van der Waals surface area contributed by atoms with Gasteiger partial charge in [0, 0.05) is 6.26 Å². The summed E-state index contributed by atoms with van der Waals surface area (Å²) in [5.74, 6) is -0.987. The summed E-state index contributed by atoms with van der Waals surface area (Å²) in [6.07, 6.45) is 2.36. The number of nitrogens with one attached hydrogen (secondary N) is 1. The second-order valence-corrected chi connectivity index (χ2v) is 8.49. The lowest BCUT2D eigenvalue weighted by Gasteiger charge is -2.15. The van der Waals surface area contributed by atoms with Crippen molar-refractivity contribution >= 4 is 26.6 Å². The fourth-order valence-corrected chi connectivity index (χ4v) is 3.40. The summed E-state index contributed by atoms with van der Waals surface area (Å²) >= 11 is 0. The number of aromatic nitrogens is 2. The minimum absolute atomic E-state index is 0.0970. The van der Waals surface area contributed by atoms with E-state index in [2.05, 4.69) is 10.3 Å². The van der Waals surface area contributed by atoms with Crippen molar-refractivity contribution in [3.05, 3.63) is 70.5 Å². The van der Waals surface area contributed by atoms with Crippen molar-refractivity contribution in [3.63, 3.8) is 0 Å². The predicted octanol–water partition coefficient (Wildman–Crippen LogP) is 1.82. The highest BCUT2D eigenvalue weighted by atomic mass is 32.2. The molecule has 3 aromatic rings. The van der Waals surface area contributed by atoms with Crippen LogP contribution in [0.3, 0.4) is 0 Å². The highest BCUT2D eigenvalue weighted by molar-refractivity contribution is 7.90. The van der Waals surface area contributed by atoms with Gasteiger partial charge < -0.3 is 5.32 Å². The summed E-state index contributed by atoms with van der Waals surface area (Å²) in [6, 6.07) is 9.48. The quantitative estimate of drug-likeness (QED) is 0.701. The van der Waals surface area contributed by atoms with E-state index in [9.17, 15) is 22.4 Å². The van der Waals surface area contributed by atoms with Crippen LogP contribution in [0.4, 0.5) is 4.39 Å². The van der Waals surface area contributed by atoms with E-state index >= 15 is 0 Å². The van der Waals surface area contributed by atoms with Gasteiger partial charge in [0.2, 0.25) is 5.91 Å². The largest absolute Gasteiger partial charge is 0.348 e. The lowest BCUT2D eigenvalue weighted by Crippen LogP contribution is -2.34. The van der Waals surface area contributed by atoms with Crippen LogP contribution in [0.25, 0.3) is 10.9 Å². The van der Waals surface area contributed by atoms with Gasteiger partial charge in [-0.2, -0.15) is 0 Å². The van der Waals surface area contributed by atoms with Gasteiger partial charge in [-0.25, -0.2) is 17.8 Å². The molecule has 1 unspecified atom stereocenters. The zero-order valence-corrected chi connectivity index (χ0v) is 16.0. The number of hydrogen-bond acceptors (Lipinski definition) is 5. The summed E-state index contributed by atoms with van der Waals surface area (Å²) < 4.78 is 37.5. The average molecular weight is 403 g/mol. The maximum Gasteiger partial charge on any atom is 0.261 e. The van der Waals surface area contributed by atoms with Gasteiger partial charge in [0.05, 0.1) is 28.2 Å². The van der Waals surface area contributed by atoms with Crippen molar-refractivity contribution in [1.82, 2.24) is 14.9 Å². The minimum atomic E-state index is -3.29. The number of benzene rings is 2. The molecule has 1 heterocycles. The Morgan fingerprint density at radius 1 is 1.21 bits per heavy atom. The van der Waals surface area contributed by atoms with E-state index in [-0.39, 0.29) is 16.8 Å². The van der Waals surface area contributed by atoms with Crippen LogP contribution in [0.5, 0.6) is 0 Å². The summed E-state index contributed by atoms with van der Waals surface area (Å²) in [5, 5.41) is 2.84. The molecule has 0 fully saturated rings. The number of amides is 1. The van der Waals surface area contributed by atoms with Crippen molar-refractivity contribution in [1.29, 1.82) is 0 Å². The fraction of sp³-hybridized carbons (Fsp3) is 0.211. The number of carbonyl (C=O) groups is 1. The molecule has 0 spiro atoms. The topological polar surface area (TPSA) is 98.1 Å². The van der Waals surface area contributed by atoms with Crippen molar-refractivity contribution < 1.29 is 17.6 Å². The lowest BCUT2D eigenvalue weighted by atomic mass is 10.1. The van der Waals surface area contributed by atoms with Crippen LogP contribution < -0.4 is 10.9 Å². The number of carbonyl (C=O) groups excluding carboxylic acids is 1. The van der Waals surface area contributed by atoms with Crippen molar-refractivity contribution in [3.8, 4) is 0 Å². The van der Waals surface area contributed by atoms with E-state index in [1.54, 1.807) is 19.1 Å². The second-order valence-electron chi connectivity index (χ2n) is 6.47. The molecular formula is C19H18FN3O4S. The van der Waals surface area contributed by atoms with Crippen LogP contribution in [0.15, 0.2) is 58.5 Å². The molecule has 1 aromatic heterocycles. The highest BCUT2D eigenvalue weighted by Gasteiger charge is 2.14. The van der Waals surface area contributed by atoms with E-state index in [4.69, 9.17) is 0 Å². The maximum absolute atomic E-state index is 13.4. The molecule has 2 aromatic carbocycles. The Labute approximate surface area is 160 Å². The normalized spacial score (nSPS) is 12.7. The van der Waals surface area contributed by atoms with Crippen LogP contribution in [-0.2, 0) is 21.2 Å². The average Bonchev–Trinajstić information content (AvgIpc) is 2.64. The summed E-state index contributed by atoms with van der Waals surface area (Å²) in [4.78, 5) is 29.0. The van der Waals surface area contributed by atoms with E-state index in [0.29, 0.717) is 11.1 Å². The Morgan fingerprint density at radius 3 is 2.54 bits per heavy atom. The van der Waals surface area contributed by atoms with Crippen LogP contribution in [0, 0.1) is 5.82 Å². The smallest absolute Gasteiger partial charge is 0.261 e. The van der Waals surface area contributed by atoms with Crippen LogP contribution in [0.1, 0.15) is 18.5 Å². The Kier molecular flexibility index (Phi) is 5.28. The Hall–Kier alpha value is -3.07. The van der Waals surface area contributed by atoms with Gasteiger partial charge in [0.1, 0.15) is 12.4 Å². The summed E-state index contributed by atoms with van der Waals surface area (Å²) in [6.45, 7) is 1.47. The molecule has 0 radical (unpaired) electrons. The van der Waals surface area contributed by atoms with E-state index in [1.165, 1.54) is 30.6 Å². The first-order valence-electron chi connectivity index (χ1n) is 8.39. The molecule has 0 aliphatic rings. The number of halogens is 1. The molecule has 7 nitrogen and oxygen atoms in total.